The lowest BCUT2D eigenvalue weighted by molar-refractivity contribution is -0.119. The number of nitrogens with zero attached hydrogens (tertiary/aromatic N) is 5. The molecule has 2 aromatic heterocycles. The molecule has 11 heteroatoms. The molecule has 174 valence electrons. The second kappa shape index (κ2) is 9.24. The van der Waals surface area contributed by atoms with E-state index in [1.807, 2.05) is 36.4 Å². The molecule has 5 rings (SSSR count). The molecule has 1 aliphatic rings. The highest BCUT2D eigenvalue weighted by Crippen LogP contribution is 2.40. The normalized spacial score (nSPS) is 15.7. The minimum absolute atomic E-state index is 0.245. The first-order chi connectivity index (χ1) is 16.9. The maximum atomic E-state index is 13.6. The van der Waals surface area contributed by atoms with Gasteiger partial charge in [0.1, 0.15) is 33.8 Å². The molecule has 1 amide bonds. The van der Waals surface area contributed by atoms with Crippen LogP contribution in [-0.4, -0.2) is 24.7 Å². The van der Waals surface area contributed by atoms with E-state index in [-0.39, 0.29) is 10.9 Å². The minimum atomic E-state index is -1.85. The number of nitrogens with two attached hydrogens (primary N) is 1. The van der Waals surface area contributed by atoms with Crippen molar-refractivity contribution >= 4 is 51.7 Å². The Morgan fingerprint density at radius 1 is 1.00 bits per heavy atom. The highest BCUT2D eigenvalue weighted by atomic mass is 35.5. The molecule has 2 unspecified atom stereocenters. The summed E-state index contributed by atoms with van der Waals surface area (Å²) in [4.78, 5) is 23.4. The van der Waals surface area contributed by atoms with E-state index in [1.165, 1.54) is 11.1 Å². The quantitative estimate of drug-likeness (QED) is 0.411. The van der Waals surface area contributed by atoms with Gasteiger partial charge in [0.2, 0.25) is 5.95 Å². The zero-order chi connectivity index (χ0) is 24.7. The van der Waals surface area contributed by atoms with Gasteiger partial charge in [0, 0.05) is 28.2 Å². The number of imidazole rings is 1. The molecule has 0 bridgehead atoms. The minimum Gasteiger partial charge on any atom is -0.288 e. The van der Waals surface area contributed by atoms with Gasteiger partial charge in [-0.3, -0.25) is 9.36 Å². The Morgan fingerprint density at radius 2 is 1.69 bits per heavy atom. The fourth-order valence-corrected chi connectivity index (χ4v) is 5.15. The predicted molar refractivity (Wildman–Crippen MR) is 134 cm³/mol. The maximum Gasteiger partial charge on any atom is 0.257 e. The van der Waals surface area contributed by atoms with Gasteiger partial charge < -0.3 is 0 Å². The molecule has 0 fully saturated rings. The third-order valence-electron chi connectivity index (χ3n) is 5.67. The van der Waals surface area contributed by atoms with Gasteiger partial charge in [-0.1, -0.05) is 47.5 Å². The van der Waals surface area contributed by atoms with E-state index >= 15 is 0 Å². The fourth-order valence-electron chi connectivity index (χ4n) is 4.08. The van der Waals surface area contributed by atoms with E-state index in [2.05, 4.69) is 9.97 Å². The molecule has 0 aliphatic carbocycles. The Balaban J connectivity index is 1.49. The number of hydrogen-bond acceptors (Lipinski definition) is 5. The number of carbonyl (C=O) groups excluding carboxylic acids is 1. The number of nitriles is 1. The van der Waals surface area contributed by atoms with Crippen LogP contribution in [0, 0.1) is 11.3 Å². The third-order valence-corrected chi connectivity index (χ3v) is 6.82. The smallest absolute Gasteiger partial charge is 0.257 e. The number of anilines is 2. The number of rotatable bonds is 5. The van der Waals surface area contributed by atoms with Crippen molar-refractivity contribution in [1.82, 2.24) is 14.5 Å². The standard InChI is InChI=1S/C24H16Cl2N6O2S/c25-17-8-18(26)10-20(9-17)31-23(33)21(32-22(35(28)34)13-30-24(31)32)7-14-1-3-15(4-2-14)16-5-6-19(11-27)29-12-16/h1-6,8-10,12-13,21H,7,28H2. The van der Waals surface area contributed by atoms with Crippen LogP contribution < -0.4 is 10.0 Å². The average molecular weight is 523 g/mol. The number of halogens is 2. The Hall–Kier alpha value is -3.55. The van der Waals surface area contributed by atoms with Crippen LogP contribution in [0.15, 0.2) is 72.0 Å². The highest BCUT2D eigenvalue weighted by molar-refractivity contribution is 7.82. The summed E-state index contributed by atoms with van der Waals surface area (Å²) in [6.07, 6.45) is 3.37. The lowest BCUT2D eigenvalue weighted by Crippen LogP contribution is -2.27. The average Bonchev–Trinajstić information content (AvgIpc) is 3.37. The molecule has 0 radical (unpaired) electrons. The summed E-state index contributed by atoms with van der Waals surface area (Å²) in [5.41, 5.74) is 3.48. The summed E-state index contributed by atoms with van der Waals surface area (Å²) in [7, 11) is -1.85. The Kier molecular flexibility index (Phi) is 6.13. The van der Waals surface area contributed by atoms with E-state index < -0.39 is 17.0 Å². The SMILES string of the molecule is N#Cc1ccc(-c2ccc(CC3C(=O)N(c4cc(Cl)cc(Cl)c4)c4ncc(S(N)=O)n43)cc2)cn1. The maximum absolute atomic E-state index is 13.6. The van der Waals surface area contributed by atoms with Crippen molar-refractivity contribution in [2.45, 2.75) is 17.5 Å². The van der Waals surface area contributed by atoms with Crippen molar-refractivity contribution in [2.24, 2.45) is 5.14 Å². The van der Waals surface area contributed by atoms with E-state index in [4.69, 9.17) is 33.6 Å². The zero-order valence-electron chi connectivity index (χ0n) is 17.9. The van der Waals surface area contributed by atoms with Crippen molar-refractivity contribution in [3.8, 4) is 17.2 Å². The molecule has 0 spiro atoms. The van der Waals surface area contributed by atoms with Crippen LogP contribution in [0.25, 0.3) is 11.1 Å². The van der Waals surface area contributed by atoms with Gasteiger partial charge in [0.25, 0.3) is 5.91 Å². The van der Waals surface area contributed by atoms with E-state index in [1.54, 1.807) is 35.0 Å². The van der Waals surface area contributed by atoms with Crippen LogP contribution in [0.5, 0.6) is 0 Å². The Bertz CT molecular complexity index is 1490. The van der Waals surface area contributed by atoms with E-state index in [9.17, 15) is 9.00 Å². The summed E-state index contributed by atoms with van der Waals surface area (Å²) in [5.74, 6) is 0.0333. The summed E-state index contributed by atoms with van der Waals surface area (Å²) in [6.45, 7) is 0. The van der Waals surface area contributed by atoms with Crippen molar-refractivity contribution in [2.75, 3.05) is 4.90 Å². The molecule has 0 saturated carbocycles. The number of pyridine rings is 1. The van der Waals surface area contributed by atoms with Crippen LogP contribution in [0.2, 0.25) is 10.0 Å². The second-order valence-corrected chi connectivity index (χ2v) is 9.71. The summed E-state index contributed by atoms with van der Waals surface area (Å²) < 4.78 is 13.8. The third kappa shape index (κ3) is 4.33. The van der Waals surface area contributed by atoms with Crippen LogP contribution >= 0.6 is 23.2 Å². The van der Waals surface area contributed by atoms with Crippen molar-refractivity contribution in [1.29, 1.82) is 5.26 Å². The first-order valence-corrected chi connectivity index (χ1v) is 12.3. The molecule has 4 aromatic rings. The van der Waals surface area contributed by atoms with Gasteiger partial charge in [-0.25, -0.2) is 24.2 Å². The lowest BCUT2D eigenvalue weighted by atomic mass is 10.0. The largest absolute Gasteiger partial charge is 0.288 e. The topological polar surface area (TPSA) is 118 Å². The number of fused-ring (bicyclic) bond motifs is 1. The summed E-state index contributed by atoms with van der Waals surface area (Å²) >= 11 is 12.3. The highest BCUT2D eigenvalue weighted by Gasteiger charge is 2.41. The number of carbonyl (C=O) groups is 1. The van der Waals surface area contributed by atoms with Crippen molar-refractivity contribution in [3.05, 3.63) is 88.3 Å². The van der Waals surface area contributed by atoms with Crippen LogP contribution in [0.4, 0.5) is 11.6 Å². The molecule has 8 nitrogen and oxygen atoms in total. The monoisotopic (exact) mass is 522 g/mol. The number of benzene rings is 2. The Labute approximate surface area is 213 Å². The summed E-state index contributed by atoms with van der Waals surface area (Å²) in [6, 6.07) is 17.2. The molecule has 2 atom stereocenters. The molecule has 2 aromatic carbocycles. The molecule has 0 saturated heterocycles. The van der Waals surface area contributed by atoms with Crippen LogP contribution in [0.3, 0.4) is 0 Å². The molecule has 35 heavy (non-hydrogen) atoms. The van der Waals surface area contributed by atoms with E-state index in [0.717, 1.165) is 16.7 Å². The van der Waals surface area contributed by atoms with Crippen molar-refractivity contribution < 1.29 is 9.00 Å². The predicted octanol–water partition coefficient (Wildman–Crippen LogP) is 4.57. The van der Waals surface area contributed by atoms with Gasteiger partial charge in [-0.2, -0.15) is 5.26 Å². The van der Waals surface area contributed by atoms with Gasteiger partial charge in [-0.05, 0) is 41.5 Å². The zero-order valence-corrected chi connectivity index (χ0v) is 20.3. The van der Waals surface area contributed by atoms with Crippen molar-refractivity contribution in [3.63, 3.8) is 0 Å². The Morgan fingerprint density at radius 3 is 2.29 bits per heavy atom. The molecule has 1 aliphatic heterocycles. The first kappa shape index (κ1) is 23.2. The van der Waals surface area contributed by atoms with Gasteiger partial charge >= 0.3 is 0 Å². The number of amides is 1. The van der Waals surface area contributed by atoms with Crippen LogP contribution in [-0.2, 0) is 22.2 Å². The number of aromatic nitrogens is 3. The first-order valence-electron chi connectivity index (χ1n) is 10.3. The molecular formula is C24H16Cl2N6O2S. The molecule has 3 heterocycles. The second-order valence-electron chi connectivity index (χ2n) is 7.83. The molecular weight excluding hydrogens is 507 g/mol. The summed E-state index contributed by atoms with van der Waals surface area (Å²) in [5, 5.41) is 15.6. The van der Waals surface area contributed by atoms with E-state index in [0.29, 0.717) is 33.8 Å². The van der Waals surface area contributed by atoms with Gasteiger partial charge in [0.05, 0.1) is 11.9 Å². The van der Waals surface area contributed by atoms with Gasteiger partial charge in [0.15, 0.2) is 0 Å². The molecule has 2 N–H and O–H groups in total. The number of hydrogen-bond donors (Lipinski definition) is 1. The van der Waals surface area contributed by atoms with Gasteiger partial charge in [-0.15, -0.1) is 0 Å². The van der Waals surface area contributed by atoms with Crippen LogP contribution in [0.1, 0.15) is 17.3 Å². The fraction of sp³-hybridized carbons (Fsp3) is 0.0833. The lowest BCUT2D eigenvalue weighted by Gasteiger charge is -2.17.